The van der Waals surface area contributed by atoms with E-state index >= 15 is 0 Å². The second-order valence-corrected chi connectivity index (χ2v) is 1.80. The smallest absolute Gasteiger partial charge is 0.300 e. The van der Waals surface area contributed by atoms with Gasteiger partial charge in [-0.15, -0.1) is 0 Å². The van der Waals surface area contributed by atoms with E-state index in [9.17, 15) is 14.0 Å². The number of primary amides is 1. The number of aliphatic imine (C=N–C) groups is 2. The van der Waals surface area contributed by atoms with Gasteiger partial charge in [0.25, 0.3) is 5.91 Å². The van der Waals surface area contributed by atoms with Gasteiger partial charge in [-0.3, -0.25) is 9.59 Å². The monoisotopic (exact) mass is 157 g/mol. The van der Waals surface area contributed by atoms with Crippen molar-refractivity contribution in [3.05, 3.63) is 0 Å². The summed E-state index contributed by atoms with van der Waals surface area (Å²) in [5.41, 5.74) is 4.05. The molecule has 0 saturated carbocycles. The number of nitrogens with two attached hydrogens (primary N) is 1. The van der Waals surface area contributed by atoms with Gasteiger partial charge in [0.15, 0.2) is 5.71 Å². The number of carbonyl (C=O) groups excluding carboxylic acids is 2. The third-order valence-corrected chi connectivity index (χ3v) is 1.00. The van der Waals surface area contributed by atoms with Crippen LogP contribution in [0, 0.1) is 0 Å². The summed E-state index contributed by atoms with van der Waals surface area (Å²) in [6.07, 6.45) is -1.04. The summed E-state index contributed by atoms with van der Waals surface area (Å²) in [5.74, 6) is -1.96. The van der Waals surface area contributed by atoms with Crippen molar-refractivity contribution in [3.8, 4) is 0 Å². The van der Waals surface area contributed by atoms with Crippen molar-refractivity contribution < 1.29 is 14.0 Å². The third-order valence-electron chi connectivity index (χ3n) is 1.00. The largest absolute Gasteiger partial charge is 0.364 e. The number of nitrogens with zero attached hydrogens (tertiary/aromatic N) is 2. The molecule has 58 valence electrons. The van der Waals surface area contributed by atoms with Crippen molar-refractivity contribution in [2.24, 2.45) is 15.7 Å². The Morgan fingerprint density at radius 3 is 2.82 bits per heavy atom. The van der Waals surface area contributed by atoms with E-state index in [1.54, 1.807) is 0 Å². The highest BCUT2D eigenvalue weighted by atomic mass is 19.1. The quantitative estimate of drug-likeness (QED) is 0.486. The molecule has 0 aromatic carbocycles. The predicted molar refractivity (Wildman–Crippen MR) is 35.0 cm³/mol. The molecule has 1 atom stereocenters. The van der Waals surface area contributed by atoms with Crippen LogP contribution in [0.1, 0.15) is 0 Å². The molecule has 0 aromatic rings. The van der Waals surface area contributed by atoms with Gasteiger partial charge in [0.2, 0.25) is 6.30 Å². The molecule has 1 unspecified atom stereocenters. The molecule has 1 heterocycles. The molecule has 2 amide bonds. The molecule has 6 heteroatoms. The van der Waals surface area contributed by atoms with Gasteiger partial charge >= 0.3 is 5.91 Å². The fourth-order valence-electron chi connectivity index (χ4n) is 0.571. The minimum Gasteiger partial charge on any atom is -0.364 e. The highest BCUT2D eigenvalue weighted by molar-refractivity contribution is 6.65. The molecule has 1 rings (SSSR count). The van der Waals surface area contributed by atoms with Gasteiger partial charge in [-0.05, 0) is 0 Å². The summed E-state index contributed by atoms with van der Waals surface area (Å²) < 4.78 is 12.3. The number of amides is 2. The molecule has 0 radical (unpaired) electrons. The molecule has 0 aromatic heterocycles. The van der Waals surface area contributed by atoms with Gasteiger partial charge in [0, 0.05) is 0 Å². The van der Waals surface area contributed by atoms with Gasteiger partial charge in [0.1, 0.15) is 0 Å². The molecule has 0 bridgehead atoms. The van der Waals surface area contributed by atoms with E-state index in [-0.39, 0.29) is 0 Å². The molecule has 0 saturated heterocycles. The molecule has 5 nitrogen and oxygen atoms in total. The number of hydrogen-bond acceptors (Lipinski definition) is 3. The summed E-state index contributed by atoms with van der Waals surface area (Å²) in [4.78, 5) is 27.0. The van der Waals surface area contributed by atoms with E-state index < -0.39 is 23.8 Å². The van der Waals surface area contributed by atoms with Crippen LogP contribution in [-0.2, 0) is 9.59 Å². The van der Waals surface area contributed by atoms with Crippen LogP contribution in [0.2, 0.25) is 0 Å². The molecule has 1 aliphatic rings. The SMILES string of the molecule is NC(=O)C1=NC(F)C=NC1=O. The first-order chi connectivity index (χ1) is 5.11. The molecule has 2 N–H and O–H groups in total. The highest BCUT2D eigenvalue weighted by Gasteiger charge is 2.21. The van der Waals surface area contributed by atoms with E-state index in [0.29, 0.717) is 6.21 Å². The summed E-state index contributed by atoms with van der Waals surface area (Å²) >= 11 is 0. The Hall–Kier alpha value is -1.59. The van der Waals surface area contributed by atoms with Gasteiger partial charge < -0.3 is 5.73 Å². The van der Waals surface area contributed by atoms with E-state index in [0.717, 1.165) is 0 Å². The van der Waals surface area contributed by atoms with Crippen molar-refractivity contribution >= 4 is 23.7 Å². The maximum Gasteiger partial charge on any atom is 0.300 e. The van der Waals surface area contributed by atoms with Crippen LogP contribution < -0.4 is 5.73 Å². The van der Waals surface area contributed by atoms with E-state index in [2.05, 4.69) is 15.7 Å². The molecule has 1 aliphatic heterocycles. The lowest BCUT2D eigenvalue weighted by Gasteiger charge is -2.03. The maximum absolute atomic E-state index is 12.3. The Bertz CT molecular complexity index is 271. The number of hydrogen-bond donors (Lipinski definition) is 1. The van der Waals surface area contributed by atoms with Crippen LogP contribution in [0.4, 0.5) is 4.39 Å². The molecule has 0 fully saturated rings. The number of alkyl halides is 1. The second-order valence-electron chi connectivity index (χ2n) is 1.80. The predicted octanol–water partition coefficient (Wildman–Crippen LogP) is -1.18. The lowest BCUT2D eigenvalue weighted by atomic mass is 10.3. The van der Waals surface area contributed by atoms with Crippen LogP contribution in [-0.4, -0.2) is 30.0 Å². The van der Waals surface area contributed by atoms with Crippen LogP contribution in [0.15, 0.2) is 9.98 Å². The molecular weight excluding hydrogens is 153 g/mol. The van der Waals surface area contributed by atoms with Gasteiger partial charge in [-0.1, -0.05) is 0 Å². The summed E-state index contributed by atoms with van der Waals surface area (Å²) in [6, 6.07) is 0. The minimum absolute atomic E-state index is 0.639. The fraction of sp³-hybridized carbons (Fsp3) is 0.200. The summed E-state index contributed by atoms with van der Waals surface area (Å²) in [5, 5.41) is 0. The Balaban J connectivity index is 2.94. The Morgan fingerprint density at radius 1 is 1.73 bits per heavy atom. The van der Waals surface area contributed by atoms with Gasteiger partial charge in [-0.2, -0.15) is 0 Å². The topological polar surface area (TPSA) is 84.9 Å². The van der Waals surface area contributed by atoms with E-state index in [1.807, 2.05) is 0 Å². The third kappa shape index (κ3) is 1.46. The van der Waals surface area contributed by atoms with E-state index in [1.165, 1.54) is 0 Å². The average molecular weight is 157 g/mol. The number of carbonyl (C=O) groups is 2. The van der Waals surface area contributed by atoms with Gasteiger partial charge in [0.05, 0.1) is 6.21 Å². The van der Waals surface area contributed by atoms with Crippen molar-refractivity contribution in [3.63, 3.8) is 0 Å². The Labute approximate surface area is 60.8 Å². The fourth-order valence-corrected chi connectivity index (χ4v) is 0.571. The Morgan fingerprint density at radius 2 is 2.36 bits per heavy atom. The lowest BCUT2D eigenvalue weighted by Crippen LogP contribution is -2.33. The highest BCUT2D eigenvalue weighted by Crippen LogP contribution is 1.98. The first-order valence-electron chi connectivity index (χ1n) is 2.71. The standard InChI is InChI=1S/C5H4FN3O2/c6-2-1-8-5(11)3(9-2)4(7)10/h1-2H,(H2,7,10). The van der Waals surface area contributed by atoms with Gasteiger partial charge in [-0.25, -0.2) is 14.4 Å². The zero-order valence-electron chi connectivity index (χ0n) is 5.32. The molecule has 0 spiro atoms. The minimum atomic E-state index is -1.74. The van der Waals surface area contributed by atoms with Crippen molar-refractivity contribution in [1.82, 2.24) is 0 Å². The first kappa shape index (κ1) is 7.52. The summed E-state index contributed by atoms with van der Waals surface area (Å²) in [6.45, 7) is 0. The Kier molecular flexibility index (Phi) is 1.75. The van der Waals surface area contributed by atoms with Crippen LogP contribution in [0.25, 0.3) is 0 Å². The second kappa shape index (κ2) is 2.57. The maximum atomic E-state index is 12.3. The number of halogens is 1. The normalized spacial score (nSPS) is 23.2. The lowest BCUT2D eigenvalue weighted by molar-refractivity contribution is -0.115. The molecule has 11 heavy (non-hydrogen) atoms. The summed E-state index contributed by atoms with van der Waals surface area (Å²) in [7, 11) is 0. The van der Waals surface area contributed by atoms with Crippen molar-refractivity contribution in [2.75, 3.05) is 0 Å². The molecular formula is C5H4FN3O2. The first-order valence-corrected chi connectivity index (χ1v) is 2.71. The van der Waals surface area contributed by atoms with Crippen molar-refractivity contribution in [2.45, 2.75) is 6.30 Å². The van der Waals surface area contributed by atoms with Crippen LogP contribution in [0.3, 0.4) is 0 Å². The molecule has 0 aliphatic carbocycles. The van der Waals surface area contributed by atoms with Crippen LogP contribution in [0.5, 0.6) is 0 Å². The van der Waals surface area contributed by atoms with Crippen molar-refractivity contribution in [1.29, 1.82) is 0 Å². The zero-order valence-corrected chi connectivity index (χ0v) is 5.32. The average Bonchev–Trinajstić information content (AvgIpc) is 1.94. The van der Waals surface area contributed by atoms with E-state index in [4.69, 9.17) is 0 Å². The zero-order chi connectivity index (χ0) is 8.43. The van der Waals surface area contributed by atoms with Crippen LogP contribution >= 0.6 is 0 Å². The number of rotatable bonds is 1.